The van der Waals surface area contributed by atoms with E-state index in [0.29, 0.717) is 6.42 Å². The van der Waals surface area contributed by atoms with Crippen LogP contribution < -0.4 is 0 Å². The Hall–Kier alpha value is -1.57. The zero-order valence-electron chi connectivity index (χ0n) is 10.4. The molecule has 0 aliphatic heterocycles. The van der Waals surface area contributed by atoms with Gasteiger partial charge in [0, 0.05) is 6.42 Å². The predicted octanol–water partition coefficient (Wildman–Crippen LogP) is 4.13. The maximum absolute atomic E-state index is 10.3. The molecule has 0 amide bonds. The number of allylic oxidation sites excluding steroid dienone is 2. The van der Waals surface area contributed by atoms with Crippen molar-refractivity contribution >= 4 is 11.5 Å². The smallest absolute Gasteiger partial charge is 0.303 e. The van der Waals surface area contributed by atoms with Gasteiger partial charge in [0.1, 0.15) is 0 Å². The van der Waals surface area contributed by atoms with Crippen LogP contribution in [0.25, 0.3) is 5.57 Å². The highest BCUT2D eigenvalue weighted by Gasteiger charge is 1.96. The minimum Gasteiger partial charge on any atom is -0.481 e. The van der Waals surface area contributed by atoms with Gasteiger partial charge in [0.15, 0.2) is 0 Å². The largest absolute Gasteiger partial charge is 0.481 e. The van der Waals surface area contributed by atoms with Crippen LogP contribution >= 0.6 is 0 Å². The van der Waals surface area contributed by atoms with Gasteiger partial charge in [0.25, 0.3) is 0 Å². The fourth-order valence-electron chi connectivity index (χ4n) is 1.73. The van der Waals surface area contributed by atoms with Gasteiger partial charge < -0.3 is 5.11 Å². The van der Waals surface area contributed by atoms with Gasteiger partial charge in [-0.3, -0.25) is 4.79 Å². The molecule has 0 aliphatic carbocycles. The lowest BCUT2D eigenvalue weighted by atomic mass is 10.0. The highest BCUT2D eigenvalue weighted by Crippen LogP contribution is 2.15. The molecular formula is C15H20O2. The normalized spacial score (nSPS) is 11.5. The first-order valence-electron chi connectivity index (χ1n) is 6.14. The molecule has 0 bridgehead atoms. The van der Waals surface area contributed by atoms with Crippen LogP contribution in [0.2, 0.25) is 0 Å². The Kier molecular flexibility index (Phi) is 6.08. The summed E-state index contributed by atoms with van der Waals surface area (Å²) in [5.41, 5.74) is 2.56. The van der Waals surface area contributed by atoms with E-state index in [9.17, 15) is 4.79 Å². The lowest BCUT2D eigenvalue weighted by Crippen LogP contribution is -1.93. The number of carboxylic acids is 1. The maximum Gasteiger partial charge on any atom is 0.303 e. The molecule has 0 saturated carbocycles. The van der Waals surface area contributed by atoms with Gasteiger partial charge in [0.2, 0.25) is 0 Å². The second-order valence-electron chi connectivity index (χ2n) is 4.25. The molecule has 1 rings (SSSR count). The molecule has 0 atom stereocenters. The summed E-state index contributed by atoms with van der Waals surface area (Å²) in [6, 6.07) is 10.3. The number of unbranched alkanes of at least 4 members (excludes halogenated alkanes) is 3. The first-order chi connectivity index (χ1) is 8.20. The number of benzene rings is 1. The van der Waals surface area contributed by atoms with Gasteiger partial charge in [-0.05, 0) is 37.3 Å². The molecule has 2 nitrogen and oxygen atoms in total. The van der Waals surface area contributed by atoms with Crippen molar-refractivity contribution in [3.63, 3.8) is 0 Å². The summed E-state index contributed by atoms with van der Waals surface area (Å²) in [6.45, 7) is 2.12. The predicted molar refractivity (Wildman–Crippen MR) is 70.8 cm³/mol. The van der Waals surface area contributed by atoms with Crippen LogP contribution in [0.15, 0.2) is 36.4 Å². The van der Waals surface area contributed by atoms with Gasteiger partial charge in [-0.1, -0.05) is 42.8 Å². The Morgan fingerprint density at radius 2 is 1.88 bits per heavy atom. The van der Waals surface area contributed by atoms with Crippen molar-refractivity contribution in [2.75, 3.05) is 0 Å². The van der Waals surface area contributed by atoms with E-state index in [1.54, 1.807) is 0 Å². The molecule has 92 valence electrons. The summed E-state index contributed by atoms with van der Waals surface area (Å²) in [7, 11) is 0. The first-order valence-corrected chi connectivity index (χ1v) is 6.14. The van der Waals surface area contributed by atoms with Crippen molar-refractivity contribution in [3.05, 3.63) is 42.0 Å². The quantitative estimate of drug-likeness (QED) is 0.718. The molecule has 0 heterocycles. The molecule has 17 heavy (non-hydrogen) atoms. The summed E-state index contributed by atoms with van der Waals surface area (Å²) in [6.07, 6.45) is 6.40. The summed E-state index contributed by atoms with van der Waals surface area (Å²) in [5.74, 6) is -0.694. The van der Waals surface area contributed by atoms with Gasteiger partial charge in [-0.2, -0.15) is 0 Å². The third-order valence-electron chi connectivity index (χ3n) is 2.77. The topological polar surface area (TPSA) is 37.3 Å². The number of aliphatic carboxylic acids is 1. The SMILES string of the molecule is C/C(=C\CCCCCC(=O)O)c1ccccc1. The molecule has 0 fully saturated rings. The zero-order chi connectivity index (χ0) is 12.5. The van der Waals surface area contributed by atoms with Crippen LogP contribution in [0.4, 0.5) is 0 Å². The third kappa shape index (κ3) is 5.91. The highest BCUT2D eigenvalue weighted by molar-refractivity contribution is 5.66. The number of carboxylic acid groups (broad SMARTS) is 1. The molecule has 1 aromatic rings. The molecule has 0 spiro atoms. The zero-order valence-corrected chi connectivity index (χ0v) is 10.4. The third-order valence-corrected chi connectivity index (χ3v) is 2.77. The highest BCUT2D eigenvalue weighted by atomic mass is 16.4. The van der Waals surface area contributed by atoms with Gasteiger partial charge in [-0.25, -0.2) is 0 Å². The maximum atomic E-state index is 10.3. The fraction of sp³-hybridized carbons (Fsp3) is 0.400. The minimum absolute atomic E-state index is 0.293. The Labute approximate surface area is 103 Å². The minimum atomic E-state index is -0.694. The summed E-state index contributed by atoms with van der Waals surface area (Å²) < 4.78 is 0. The summed E-state index contributed by atoms with van der Waals surface area (Å²) >= 11 is 0. The van der Waals surface area contributed by atoms with Crippen LogP contribution in [0.1, 0.15) is 44.6 Å². The van der Waals surface area contributed by atoms with Crippen LogP contribution in [0.3, 0.4) is 0 Å². The monoisotopic (exact) mass is 232 g/mol. The average molecular weight is 232 g/mol. The fourth-order valence-corrected chi connectivity index (χ4v) is 1.73. The Morgan fingerprint density at radius 3 is 2.53 bits per heavy atom. The van der Waals surface area contributed by atoms with Crippen molar-refractivity contribution in [3.8, 4) is 0 Å². The molecule has 0 unspecified atom stereocenters. The molecule has 1 aromatic carbocycles. The van der Waals surface area contributed by atoms with Crippen molar-refractivity contribution in [2.45, 2.75) is 39.0 Å². The van der Waals surface area contributed by atoms with Gasteiger partial charge in [0.05, 0.1) is 0 Å². The number of carbonyl (C=O) groups is 1. The van der Waals surface area contributed by atoms with E-state index in [0.717, 1.165) is 25.7 Å². The Morgan fingerprint density at radius 1 is 1.18 bits per heavy atom. The molecular weight excluding hydrogens is 212 g/mol. The molecule has 0 saturated heterocycles. The average Bonchev–Trinajstić information content (AvgIpc) is 2.34. The van der Waals surface area contributed by atoms with Crippen molar-refractivity contribution in [1.29, 1.82) is 0 Å². The van der Waals surface area contributed by atoms with E-state index in [1.807, 2.05) is 18.2 Å². The summed E-state index contributed by atoms with van der Waals surface area (Å²) in [4.78, 5) is 10.3. The van der Waals surface area contributed by atoms with E-state index >= 15 is 0 Å². The van der Waals surface area contributed by atoms with Crippen LogP contribution in [0.5, 0.6) is 0 Å². The second-order valence-corrected chi connectivity index (χ2v) is 4.25. The summed E-state index contributed by atoms with van der Waals surface area (Å²) in [5, 5.41) is 8.49. The Bertz CT molecular complexity index is 366. The van der Waals surface area contributed by atoms with Crippen molar-refractivity contribution < 1.29 is 9.90 Å². The van der Waals surface area contributed by atoms with E-state index in [1.165, 1.54) is 11.1 Å². The second kappa shape index (κ2) is 7.66. The van der Waals surface area contributed by atoms with Crippen LogP contribution in [-0.4, -0.2) is 11.1 Å². The van der Waals surface area contributed by atoms with E-state index in [-0.39, 0.29) is 0 Å². The van der Waals surface area contributed by atoms with E-state index < -0.39 is 5.97 Å². The number of hydrogen-bond donors (Lipinski definition) is 1. The number of hydrogen-bond acceptors (Lipinski definition) is 1. The first kappa shape index (κ1) is 13.5. The van der Waals surface area contributed by atoms with E-state index in [4.69, 9.17) is 5.11 Å². The van der Waals surface area contributed by atoms with Crippen molar-refractivity contribution in [1.82, 2.24) is 0 Å². The Balaban J connectivity index is 2.23. The molecule has 0 aromatic heterocycles. The number of rotatable bonds is 7. The van der Waals surface area contributed by atoms with E-state index in [2.05, 4.69) is 25.1 Å². The standard InChI is InChI=1S/C15H20O2/c1-13(14-10-6-4-7-11-14)9-5-2-3-8-12-15(16)17/h4,6-7,9-11H,2-3,5,8,12H2,1H3,(H,16,17)/b13-9+. The lowest BCUT2D eigenvalue weighted by molar-refractivity contribution is -0.137. The van der Waals surface area contributed by atoms with Crippen LogP contribution in [0, 0.1) is 0 Å². The molecule has 2 heteroatoms. The molecule has 1 N–H and O–H groups in total. The van der Waals surface area contributed by atoms with Gasteiger partial charge >= 0.3 is 5.97 Å². The lowest BCUT2D eigenvalue weighted by Gasteiger charge is -2.01. The van der Waals surface area contributed by atoms with Crippen LogP contribution in [-0.2, 0) is 4.79 Å². The van der Waals surface area contributed by atoms with Gasteiger partial charge in [-0.15, -0.1) is 0 Å². The van der Waals surface area contributed by atoms with Crippen molar-refractivity contribution in [2.24, 2.45) is 0 Å². The molecule has 0 radical (unpaired) electrons. The molecule has 0 aliphatic rings.